The van der Waals surface area contributed by atoms with Crippen LogP contribution in [-0.2, 0) is 0 Å². The molecule has 0 aliphatic rings. The van der Waals surface area contributed by atoms with Gasteiger partial charge in [0.25, 0.3) is 0 Å². The second-order valence-corrected chi connectivity index (χ2v) is 2.59. The van der Waals surface area contributed by atoms with E-state index >= 15 is 0 Å². The fourth-order valence-electron chi connectivity index (χ4n) is 1.27. The maximum absolute atomic E-state index is 5.38. The maximum atomic E-state index is 5.38. The van der Waals surface area contributed by atoms with Gasteiger partial charge in [-0.1, -0.05) is 0 Å². The van der Waals surface area contributed by atoms with Crippen LogP contribution in [0.25, 0.3) is 22.2 Å². The Bertz CT molecular complexity index is 524. The molecular formula is C8H4N4O. The molecule has 3 aromatic heterocycles. The van der Waals surface area contributed by atoms with E-state index in [1.807, 2.05) is 6.07 Å². The van der Waals surface area contributed by atoms with Crippen molar-refractivity contribution in [3.8, 4) is 0 Å². The van der Waals surface area contributed by atoms with Crippen LogP contribution in [0.15, 0.2) is 29.2 Å². The minimum absolute atomic E-state index is 0.498. The molecule has 5 heteroatoms. The summed E-state index contributed by atoms with van der Waals surface area (Å²) in [6.07, 6.45) is 4.68. The normalized spacial score (nSPS) is 11.1. The first-order valence-corrected chi connectivity index (χ1v) is 3.75. The number of pyridine rings is 1. The highest BCUT2D eigenvalue weighted by Gasteiger charge is 2.07. The molecule has 0 saturated heterocycles. The molecule has 62 valence electrons. The molecule has 0 fully saturated rings. The Balaban J connectivity index is 2.64. The van der Waals surface area contributed by atoms with Crippen molar-refractivity contribution in [2.45, 2.75) is 0 Å². The molecular weight excluding hydrogens is 168 g/mol. The Morgan fingerprint density at radius 1 is 1.31 bits per heavy atom. The van der Waals surface area contributed by atoms with E-state index in [9.17, 15) is 0 Å². The van der Waals surface area contributed by atoms with Gasteiger partial charge in [0.1, 0.15) is 6.33 Å². The zero-order valence-corrected chi connectivity index (χ0v) is 6.51. The number of furan rings is 1. The summed E-state index contributed by atoms with van der Waals surface area (Å²) in [5, 5.41) is 8.52. The van der Waals surface area contributed by atoms with Crippen molar-refractivity contribution in [3.63, 3.8) is 0 Å². The van der Waals surface area contributed by atoms with Crippen LogP contribution >= 0.6 is 0 Å². The van der Waals surface area contributed by atoms with Gasteiger partial charge in [0.2, 0.25) is 5.71 Å². The average molecular weight is 172 g/mol. The molecule has 0 bridgehead atoms. The van der Waals surface area contributed by atoms with Crippen LogP contribution in [0.1, 0.15) is 0 Å². The molecule has 3 heterocycles. The minimum atomic E-state index is 0.498. The number of fused-ring (bicyclic) bond motifs is 3. The summed E-state index contributed by atoms with van der Waals surface area (Å²) in [7, 11) is 0. The molecule has 0 aromatic carbocycles. The van der Waals surface area contributed by atoms with Crippen molar-refractivity contribution < 1.29 is 4.42 Å². The largest absolute Gasteiger partial charge is 0.435 e. The number of nitrogens with zero attached hydrogens (tertiary/aromatic N) is 4. The van der Waals surface area contributed by atoms with Gasteiger partial charge in [-0.15, -0.1) is 10.2 Å². The van der Waals surface area contributed by atoms with Gasteiger partial charge in [-0.2, -0.15) is 4.98 Å². The van der Waals surface area contributed by atoms with Crippen molar-refractivity contribution in [1.82, 2.24) is 20.2 Å². The van der Waals surface area contributed by atoms with Crippen LogP contribution in [0.5, 0.6) is 0 Å². The molecule has 5 nitrogen and oxygen atoms in total. The highest BCUT2D eigenvalue weighted by atomic mass is 16.3. The Morgan fingerprint density at radius 2 is 2.31 bits per heavy atom. The Morgan fingerprint density at radius 3 is 3.31 bits per heavy atom. The molecule has 0 N–H and O–H groups in total. The van der Waals surface area contributed by atoms with Gasteiger partial charge in [-0.25, -0.2) is 0 Å². The van der Waals surface area contributed by atoms with Crippen molar-refractivity contribution in [3.05, 3.63) is 24.8 Å². The van der Waals surface area contributed by atoms with E-state index < -0.39 is 0 Å². The molecule has 0 spiro atoms. The molecule has 0 aliphatic heterocycles. The molecule has 0 unspecified atom stereocenters. The molecule has 0 aliphatic carbocycles. The lowest BCUT2D eigenvalue weighted by Gasteiger charge is -1.82. The van der Waals surface area contributed by atoms with Crippen molar-refractivity contribution in [2.75, 3.05) is 0 Å². The first-order valence-electron chi connectivity index (χ1n) is 3.75. The quantitative estimate of drug-likeness (QED) is 0.509. The first kappa shape index (κ1) is 6.47. The monoisotopic (exact) mass is 172 g/mol. The lowest BCUT2D eigenvalue weighted by Crippen LogP contribution is -1.81. The molecule has 0 saturated carbocycles. The maximum Gasteiger partial charge on any atom is 0.249 e. The lowest BCUT2D eigenvalue weighted by atomic mass is 10.3. The number of hydrogen-bond donors (Lipinski definition) is 0. The van der Waals surface area contributed by atoms with Gasteiger partial charge in [-0.05, 0) is 6.07 Å². The molecule has 0 atom stereocenters. The summed E-state index contributed by atoms with van der Waals surface area (Å²) < 4.78 is 5.38. The SMILES string of the molecule is c1cc2c(cn1)oc1ncnnc12. The minimum Gasteiger partial charge on any atom is -0.435 e. The highest BCUT2D eigenvalue weighted by Crippen LogP contribution is 2.22. The number of rotatable bonds is 0. The molecule has 0 radical (unpaired) electrons. The second kappa shape index (κ2) is 2.22. The van der Waals surface area contributed by atoms with Gasteiger partial charge in [0, 0.05) is 6.20 Å². The topological polar surface area (TPSA) is 64.7 Å². The van der Waals surface area contributed by atoms with Crippen LogP contribution < -0.4 is 0 Å². The Hall–Kier alpha value is -2.04. The molecule has 3 rings (SSSR count). The van der Waals surface area contributed by atoms with Crippen LogP contribution in [0.3, 0.4) is 0 Å². The van der Waals surface area contributed by atoms with Crippen molar-refractivity contribution in [1.29, 1.82) is 0 Å². The number of aromatic nitrogens is 4. The van der Waals surface area contributed by atoms with E-state index in [2.05, 4.69) is 20.2 Å². The second-order valence-electron chi connectivity index (χ2n) is 2.59. The highest BCUT2D eigenvalue weighted by molar-refractivity contribution is 5.99. The predicted molar refractivity (Wildman–Crippen MR) is 44.9 cm³/mol. The summed E-state index contributed by atoms with van der Waals surface area (Å²) in [4.78, 5) is 7.89. The van der Waals surface area contributed by atoms with Crippen LogP contribution in [-0.4, -0.2) is 20.2 Å². The van der Waals surface area contributed by atoms with E-state index in [0.29, 0.717) is 16.8 Å². The first-order chi connectivity index (χ1) is 6.45. The zero-order valence-electron chi connectivity index (χ0n) is 6.51. The standard InChI is InChI=1S/C8H4N4O/c1-2-9-3-6-5(1)7-8(13-6)10-4-11-12-7/h1-4H. The smallest absolute Gasteiger partial charge is 0.249 e. The van der Waals surface area contributed by atoms with Crippen molar-refractivity contribution in [2.24, 2.45) is 0 Å². The summed E-state index contributed by atoms with van der Waals surface area (Å²) in [6, 6.07) is 1.83. The fourth-order valence-corrected chi connectivity index (χ4v) is 1.27. The molecule has 0 amide bonds. The van der Waals surface area contributed by atoms with E-state index in [1.54, 1.807) is 12.4 Å². The zero-order chi connectivity index (χ0) is 8.67. The van der Waals surface area contributed by atoms with E-state index in [-0.39, 0.29) is 0 Å². The third-order valence-corrected chi connectivity index (χ3v) is 1.83. The van der Waals surface area contributed by atoms with Gasteiger partial charge in [0.05, 0.1) is 11.6 Å². The van der Waals surface area contributed by atoms with Crippen LogP contribution in [0.4, 0.5) is 0 Å². The average Bonchev–Trinajstić information content (AvgIpc) is 2.56. The summed E-state index contributed by atoms with van der Waals surface area (Å²) in [6.45, 7) is 0. The van der Waals surface area contributed by atoms with Crippen LogP contribution in [0, 0.1) is 0 Å². The van der Waals surface area contributed by atoms with Gasteiger partial charge in [0.15, 0.2) is 11.1 Å². The number of hydrogen-bond acceptors (Lipinski definition) is 5. The third kappa shape index (κ3) is 0.807. The van der Waals surface area contributed by atoms with Crippen LogP contribution in [0.2, 0.25) is 0 Å². The van der Waals surface area contributed by atoms with Crippen molar-refractivity contribution >= 4 is 22.2 Å². The summed E-state index contributed by atoms with van der Waals surface area (Å²) in [5.41, 5.74) is 1.86. The fraction of sp³-hybridized carbons (Fsp3) is 0. The molecule has 3 aromatic rings. The van der Waals surface area contributed by atoms with E-state index in [0.717, 1.165) is 5.39 Å². The Labute approximate surface area is 72.4 Å². The van der Waals surface area contributed by atoms with Gasteiger partial charge >= 0.3 is 0 Å². The predicted octanol–water partition coefficient (Wildman–Crippen LogP) is 1.17. The van der Waals surface area contributed by atoms with E-state index in [4.69, 9.17) is 4.42 Å². The van der Waals surface area contributed by atoms with Gasteiger partial charge < -0.3 is 4.42 Å². The lowest BCUT2D eigenvalue weighted by molar-refractivity contribution is 0.648. The van der Waals surface area contributed by atoms with E-state index in [1.165, 1.54) is 6.33 Å². The van der Waals surface area contributed by atoms with Gasteiger partial charge in [-0.3, -0.25) is 4.98 Å². The third-order valence-electron chi connectivity index (χ3n) is 1.83. The summed E-state index contributed by atoms with van der Waals surface area (Å²) >= 11 is 0. The Kier molecular flexibility index (Phi) is 1.11. The summed E-state index contributed by atoms with van der Waals surface area (Å²) in [5.74, 6) is 0. The molecule has 13 heavy (non-hydrogen) atoms.